The fourth-order valence-corrected chi connectivity index (χ4v) is 3.96. The van der Waals surface area contributed by atoms with Gasteiger partial charge in [-0.05, 0) is 53.2 Å². The molecular weight excluding hydrogens is 448 g/mol. The Morgan fingerprint density at radius 1 is 1.07 bits per heavy atom. The van der Waals surface area contributed by atoms with E-state index in [9.17, 15) is 14.4 Å². The van der Waals surface area contributed by atoms with E-state index in [0.717, 1.165) is 15.1 Å². The van der Waals surface area contributed by atoms with Gasteiger partial charge in [0.2, 0.25) is 0 Å². The number of anilines is 1. The van der Waals surface area contributed by atoms with Crippen molar-refractivity contribution in [2.24, 2.45) is 0 Å². The van der Waals surface area contributed by atoms with Gasteiger partial charge in [0.25, 0.3) is 17.7 Å². The van der Waals surface area contributed by atoms with Crippen LogP contribution in [0.5, 0.6) is 0 Å². The summed E-state index contributed by atoms with van der Waals surface area (Å²) < 4.78 is 2.66. The second-order valence-corrected chi connectivity index (χ2v) is 7.81. The van der Waals surface area contributed by atoms with Gasteiger partial charge in [-0.1, -0.05) is 18.2 Å². The highest BCUT2D eigenvalue weighted by Crippen LogP contribution is 2.29. The van der Waals surface area contributed by atoms with Crippen molar-refractivity contribution < 1.29 is 14.4 Å². The molecule has 0 aliphatic carbocycles. The van der Waals surface area contributed by atoms with E-state index in [1.807, 2.05) is 11.6 Å². The van der Waals surface area contributed by atoms with Crippen LogP contribution in [0.1, 0.15) is 43.7 Å². The number of imide groups is 1. The highest BCUT2D eigenvalue weighted by atomic mass is 79.9. The molecule has 152 valence electrons. The van der Waals surface area contributed by atoms with Crippen LogP contribution in [0.4, 0.5) is 5.69 Å². The third-order valence-electron chi connectivity index (χ3n) is 5.08. The van der Waals surface area contributed by atoms with E-state index in [0.29, 0.717) is 35.5 Å². The number of hydrogen-bond donors (Lipinski definition) is 0. The van der Waals surface area contributed by atoms with Crippen LogP contribution < -0.4 is 4.90 Å². The van der Waals surface area contributed by atoms with Crippen molar-refractivity contribution in [2.75, 3.05) is 11.9 Å². The number of hydrogen-bond acceptors (Lipinski definition) is 4. The fraction of sp³-hybridized carbons (Fsp3) is 0.182. The molecule has 1 aliphatic rings. The molecular formula is C22H19BrN4O3. The largest absolute Gasteiger partial charge is 0.336 e. The van der Waals surface area contributed by atoms with E-state index in [2.05, 4.69) is 21.0 Å². The standard InChI is InChI=1S/C22H19BrN4O3/c1-3-26-19(18(23)12-24-26)13-25(2)20(28)14-7-6-8-15(11-14)27-21(29)16-9-4-5-10-17(16)22(27)30/h4-12H,3,13H2,1-2H3. The van der Waals surface area contributed by atoms with Gasteiger partial charge >= 0.3 is 0 Å². The van der Waals surface area contributed by atoms with Crippen molar-refractivity contribution in [3.05, 3.63) is 81.6 Å². The predicted molar refractivity (Wildman–Crippen MR) is 115 cm³/mol. The Labute approximate surface area is 182 Å². The maximum absolute atomic E-state index is 13.0. The van der Waals surface area contributed by atoms with E-state index in [1.165, 1.54) is 0 Å². The molecule has 30 heavy (non-hydrogen) atoms. The summed E-state index contributed by atoms with van der Waals surface area (Å²) in [5, 5.41) is 4.27. The quantitative estimate of drug-likeness (QED) is 0.536. The van der Waals surface area contributed by atoms with Crippen molar-refractivity contribution >= 4 is 39.3 Å². The van der Waals surface area contributed by atoms with Crippen LogP contribution in [0.2, 0.25) is 0 Å². The van der Waals surface area contributed by atoms with Gasteiger partial charge in [0.05, 0.1) is 39.7 Å². The van der Waals surface area contributed by atoms with Crippen LogP contribution in [0.25, 0.3) is 0 Å². The number of aromatic nitrogens is 2. The molecule has 0 fully saturated rings. The summed E-state index contributed by atoms with van der Waals surface area (Å²) in [6, 6.07) is 13.3. The average molecular weight is 467 g/mol. The highest BCUT2D eigenvalue weighted by Gasteiger charge is 2.36. The number of fused-ring (bicyclic) bond motifs is 1. The minimum absolute atomic E-state index is 0.218. The molecule has 0 N–H and O–H groups in total. The first-order valence-corrected chi connectivity index (χ1v) is 10.2. The lowest BCUT2D eigenvalue weighted by molar-refractivity contribution is 0.0780. The summed E-state index contributed by atoms with van der Waals surface area (Å²) in [5.41, 5.74) is 2.40. The zero-order chi connectivity index (χ0) is 21.4. The van der Waals surface area contributed by atoms with Crippen LogP contribution in [-0.4, -0.2) is 39.4 Å². The SMILES string of the molecule is CCn1ncc(Br)c1CN(C)C(=O)c1cccc(N2C(=O)c3ccccc3C2=O)c1. The molecule has 1 aliphatic heterocycles. The molecule has 3 aromatic rings. The van der Waals surface area contributed by atoms with Gasteiger partial charge in [0, 0.05) is 19.2 Å². The summed E-state index contributed by atoms with van der Waals surface area (Å²) in [4.78, 5) is 41.2. The van der Waals surface area contributed by atoms with Gasteiger partial charge in [-0.3, -0.25) is 19.1 Å². The Hall–Kier alpha value is -3.26. The van der Waals surface area contributed by atoms with E-state index in [-0.39, 0.29) is 17.7 Å². The molecule has 7 nitrogen and oxygen atoms in total. The van der Waals surface area contributed by atoms with E-state index >= 15 is 0 Å². The zero-order valence-corrected chi connectivity index (χ0v) is 18.1. The number of carbonyl (C=O) groups excluding carboxylic acids is 3. The van der Waals surface area contributed by atoms with E-state index in [1.54, 1.807) is 66.7 Å². The van der Waals surface area contributed by atoms with Crippen LogP contribution >= 0.6 is 15.9 Å². The van der Waals surface area contributed by atoms with Crippen LogP contribution in [0.15, 0.2) is 59.2 Å². The van der Waals surface area contributed by atoms with Gasteiger partial charge in [-0.15, -0.1) is 0 Å². The zero-order valence-electron chi connectivity index (χ0n) is 16.5. The maximum atomic E-state index is 13.0. The first-order chi connectivity index (χ1) is 14.4. The third kappa shape index (κ3) is 3.33. The Balaban J connectivity index is 1.59. The van der Waals surface area contributed by atoms with Crippen LogP contribution in [-0.2, 0) is 13.1 Å². The highest BCUT2D eigenvalue weighted by molar-refractivity contribution is 9.10. The first-order valence-electron chi connectivity index (χ1n) is 9.46. The van der Waals surface area contributed by atoms with Gasteiger partial charge < -0.3 is 4.90 Å². The third-order valence-corrected chi connectivity index (χ3v) is 5.74. The molecule has 0 bridgehead atoms. The Bertz CT molecular complexity index is 1140. The first kappa shape index (κ1) is 20.0. The maximum Gasteiger partial charge on any atom is 0.266 e. The molecule has 4 rings (SSSR count). The van der Waals surface area contributed by atoms with Gasteiger partial charge in [0.15, 0.2) is 0 Å². The number of nitrogens with zero attached hydrogens (tertiary/aromatic N) is 4. The fourth-order valence-electron chi connectivity index (χ4n) is 3.54. The lowest BCUT2D eigenvalue weighted by Gasteiger charge is -2.20. The number of rotatable bonds is 5. The molecule has 0 saturated carbocycles. The number of benzene rings is 2. The summed E-state index contributed by atoms with van der Waals surface area (Å²) in [6.07, 6.45) is 1.71. The molecule has 0 spiro atoms. The molecule has 0 unspecified atom stereocenters. The van der Waals surface area contributed by atoms with Crippen molar-refractivity contribution in [2.45, 2.75) is 20.0 Å². The smallest absolute Gasteiger partial charge is 0.266 e. The van der Waals surface area contributed by atoms with Crippen molar-refractivity contribution in [1.29, 1.82) is 0 Å². The van der Waals surface area contributed by atoms with E-state index < -0.39 is 0 Å². The summed E-state index contributed by atoms with van der Waals surface area (Å²) in [6.45, 7) is 3.04. The summed E-state index contributed by atoms with van der Waals surface area (Å²) >= 11 is 3.47. The topological polar surface area (TPSA) is 75.5 Å². The monoisotopic (exact) mass is 466 g/mol. The average Bonchev–Trinajstić information content (AvgIpc) is 3.24. The molecule has 0 radical (unpaired) electrons. The number of carbonyl (C=O) groups is 3. The number of halogens is 1. The molecule has 0 saturated heterocycles. The van der Waals surface area contributed by atoms with Gasteiger partial charge in [-0.25, -0.2) is 4.90 Å². The lowest BCUT2D eigenvalue weighted by Crippen LogP contribution is -2.30. The van der Waals surface area contributed by atoms with Crippen molar-refractivity contribution in [3.8, 4) is 0 Å². The number of aryl methyl sites for hydroxylation is 1. The second kappa shape index (κ2) is 7.87. The Kier molecular flexibility index (Phi) is 5.26. The Morgan fingerprint density at radius 3 is 2.37 bits per heavy atom. The summed E-state index contributed by atoms with van der Waals surface area (Å²) in [5.74, 6) is -0.988. The normalized spacial score (nSPS) is 13.0. The van der Waals surface area contributed by atoms with E-state index in [4.69, 9.17) is 0 Å². The number of amides is 3. The Morgan fingerprint density at radius 2 is 1.73 bits per heavy atom. The summed E-state index contributed by atoms with van der Waals surface area (Å²) in [7, 11) is 1.70. The molecule has 0 atom stereocenters. The van der Waals surface area contributed by atoms with Gasteiger partial charge in [0.1, 0.15) is 0 Å². The molecule has 3 amide bonds. The molecule has 2 heterocycles. The minimum Gasteiger partial charge on any atom is -0.336 e. The predicted octanol–water partition coefficient (Wildman–Crippen LogP) is 3.74. The van der Waals surface area contributed by atoms with Crippen molar-refractivity contribution in [1.82, 2.24) is 14.7 Å². The molecule has 8 heteroatoms. The minimum atomic E-state index is -0.385. The van der Waals surface area contributed by atoms with Crippen molar-refractivity contribution in [3.63, 3.8) is 0 Å². The van der Waals surface area contributed by atoms with Crippen LogP contribution in [0, 0.1) is 0 Å². The molecule has 2 aromatic carbocycles. The van der Waals surface area contributed by atoms with Gasteiger partial charge in [-0.2, -0.15) is 5.10 Å². The van der Waals surface area contributed by atoms with Crippen LogP contribution in [0.3, 0.4) is 0 Å². The molecule has 1 aromatic heterocycles. The lowest BCUT2D eigenvalue weighted by atomic mass is 10.1. The second-order valence-electron chi connectivity index (χ2n) is 6.96.